The molecular formula is C17H29NO2. The Bertz CT molecular complexity index is 392. The monoisotopic (exact) mass is 279 g/mol. The number of hydrogen-bond donors (Lipinski definition) is 2. The average Bonchev–Trinajstić information content (AvgIpc) is 2.96. The smallest absolute Gasteiger partial charge is 0.307 e. The number of carbonyl (C=O) groups is 1. The van der Waals surface area contributed by atoms with Gasteiger partial charge in [0.15, 0.2) is 0 Å². The third-order valence-electron chi connectivity index (χ3n) is 6.91. The van der Waals surface area contributed by atoms with Gasteiger partial charge >= 0.3 is 5.97 Å². The third kappa shape index (κ3) is 2.28. The molecule has 3 aliphatic carbocycles. The highest BCUT2D eigenvalue weighted by Gasteiger charge is 2.48. The normalized spacial score (nSPS) is 46.5. The Morgan fingerprint density at radius 1 is 1.10 bits per heavy atom. The van der Waals surface area contributed by atoms with E-state index in [1.807, 2.05) is 0 Å². The first-order chi connectivity index (χ1) is 9.39. The van der Waals surface area contributed by atoms with E-state index in [-0.39, 0.29) is 11.3 Å². The van der Waals surface area contributed by atoms with Gasteiger partial charge in [-0.1, -0.05) is 27.2 Å². The number of nitrogens with one attached hydrogen (secondary N) is 1. The molecule has 0 aromatic heterocycles. The molecule has 0 amide bonds. The van der Waals surface area contributed by atoms with Crippen molar-refractivity contribution in [1.82, 2.24) is 5.32 Å². The van der Waals surface area contributed by atoms with E-state index in [1.54, 1.807) is 0 Å². The topological polar surface area (TPSA) is 49.3 Å². The summed E-state index contributed by atoms with van der Waals surface area (Å²) in [7, 11) is 0. The number of hydrogen-bond acceptors (Lipinski definition) is 2. The van der Waals surface area contributed by atoms with Crippen LogP contribution in [0.3, 0.4) is 0 Å². The largest absolute Gasteiger partial charge is 0.481 e. The standard InChI is InChI=1S/C17H29NO2/c1-10-14(7-6-13(16(19)20)17(10,2)3)18-15-9-11-4-5-12(15)8-11/h10-15,18H,4-9H2,1-3H3,(H,19,20). The van der Waals surface area contributed by atoms with Crippen molar-refractivity contribution in [1.29, 1.82) is 0 Å². The van der Waals surface area contributed by atoms with E-state index in [4.69, 9.17) is 0 Å². The number of aliphatic carboxylic acids is 1. The first kappa shape index (κ1) is 14.4. The quantitative estimate of drug-likeness (QED) is 0.833. The summed E-state index contributed by atoms with van der Waals surface area (Å²) in [6.45, 7) is 6.54. The predicted octanol–water partition coefficient (Wildman–Crippen LogP) is 3.29. The first-order valence-electron chi connectivity index (χ1n) is 8.38. The van der Waals surface area contributed by atoms with Gasteiger partial charge in [-0.25, -0.2) is 0 Å². The summed E-state index contributed by atoms with van der Waals surface area (Å²) in [5, 5.41) is 13.3. The van der Waals surface area contributed by atoms with Crippen molar-refractivity contribution in [3.8, 4) is 0 Å². The molecule has 0 radical (unpaired) electrons. The zero-order valence-corrected chi connectivity index (χ0v) is 13.1. The van der Waals surface area contributed by atoms with Crippen LogP contribution >= 0.6 is 0 Å². The summed E-state index contributed by atoms with van der Waals surface area (Å²) in [4.78, 5) is 11.5. The molecule has 3 aliphatic rings. The Morgan fingerprint density at radius 3 is 2.40 bits per heavy atom. The Balaban J connectivity index is 1.65. The maximum atomic E-state index is 11.5. The SMILES string of the molecule is CC1C(NC2CC3CCC2C3)CCC(C(=O)O)C1(C)C. The summed E-state index contributed by atoms with van der Waals surface area (Å²) in [6, 6.07) is 1.21. The van der Waals surface area contributed by atoms with Crippen molar-refractivity contribution < 1.29 is 9.90 Å². The van der Waals surface area contributed by atoms with Gasteiger partial charge in [0.1, 0.15) is 0 Å². The number of rotatable bonds is 3. The number of carboxylic acids is 1. The van der Waals surface area contributed by atoms with Crippen LogP contribution in [-0.4, -0.2) is 23.2 Å². The van der Waals surface area contributed by atoms with Crippen LogP contribution in [0.25, 0.3) is 0 Å². The number of carboxylic acid groups (broad SMARTS) is 1. The van der Waals surface area contributed by atoms with E-state index in [9.17, 15) is 9.90 Å². The molecule has 0 aromatic carbocycles. The Morgan fingerprint density at radius 2 is 1.85 bits per heavy atom. The molecule has 6 unspecified atom stereocenters. The van der Waals surface area contributed by atoms with E-state index >= 15 is 0 Å². The Kier molecular flexibility index (Phi) is 3.60. The van der Waals surface area contributed by atoms with Crippen LogP contribution in [-0.2, 0) is 4.79 Å². The third-order valence-corrected chi connectivity index (χ3v) is 6.91. The van der Waals surface area contributed by atoms with Gasteiger partial charge in [-0.15, -0.1) is 0 Å². The van der Waals surface area contributed by atoms with Crippen molar-refractivity contribution >= 4 is 5.97 Å². The van der Waals surface area contributed by atoms with E-state index in [2.05, 4.69) is 26.1 Å². The molecule has 0 saturated heterocycles. The predicted molar refractivity (Wildman–Crippen MR) is 79.5 cm³/mol. The van der Waals surface area contributed by atoms with Crippen LogP contribution in [0.4, 0.5) is 0 Å². The lowest BCUT2D eigenvalue weighted by molar-refractivity contribution is -0.150. The molecule has 2 N–H and O–H groups in total. The first-order valence-corrected chi connectivity index (χ1v) is 8.38. The van der Waals surface area contributed by atoms with E-state index in [0.29, 0.717) is 18.0 Å². The Labute approximate surface area is 122 Å². The van der Waals surface area contributed by atoms with Gasteiger partial charge in [-0.05, 0) is 55.3 Å². The van der Waals surface area contributed by atoms with E-state index < -0.39 is 5.97 Å². The summed E-state index contributed by atoms with van der Waals surface area (Å²) < 4.78 is 0. The summed E-state index contributed by atoms with van der Waals surface area (Å²) in [5.41, 5.74) is -0.112. The lowest BCUT2D eigenvalue weighted by Crippen LogP contribution is -2.54. The molecule has 2 bridgehead atoms. The lowest BCUT2D eigenvalue weighted by Gasteiger charge is -2.47. The molecule has 3 heteroatoms. The summed E-state index contributed by atoms with van der Waals surface area (Å²) >= 11 is 0. The van der Waals surface area contributed by atoms with Gasteiger partial charge < -0.3 is 10.4 Å². The highest BCUT2D eigenvalue weighted by Crippen LogP contribution is 2.48. The maximum Gasteiger partial charge on any atom is 0.307 e. The van der Waals surface area contributed by atoms with Crippen molar-refractivity contribution in [2.75, 3.05) is 0 Å². The van der Waals surface area contributed by atoms with E-state index in [0.717, 1.165) is 24.7 Å². The molecule has 114 valence electrons. The maximum absolute atomic E-state index is 11.5. The van der Waals surface area contributed by atoms with Gasteiger partial charge in [0.25, 0.3) is 0 Å². The molecule has 0 heterocycles. The fourth-order valence-corrected chi connectivity index (χ4v) is 5.20. The minimum absolute atomic E-state index is 0.112. The fraction of sp³-hybridized carbons (Fsp3) is 0.941. The highest BCUT2D eigenvalue weighted by atomic mass is 16.4. The van der Waals surface area contributed by atoms with Crippen molar-refractivity contribution in [2.45, 2.75) is 71.4 Å². The van der Waals surface area contributed by atoms with E-state index in [1.165, 1.54) is 25.7 Å². The second kappa shape index (κ2) is 5.01. The van der Waals surface area contributed by atoms with Gasteiger partial charge in [0, 0.05) is 12.1 Å². The highest BCUT2D eigenvalue weighted by molar-refractivity contribution is 5.71. The van der Waals surface area contributed by atoms with Gasteiger partial charge in [-0.2, -0.15) is 0 Å². The molecular weight excluding hydrogens is 250 g/mol. The minimum atomic E-state index is -0.611. The number of fused-ring (bicyclic) bond motifs is 2. The molecule has 3 fully saturated rings. The second-order valence-electron chi connectivity index (χ2n) is 8.13. The molecule has 0 aliphatic heterocycles. The summed E-state index contributed by atoms with van der Waals surface area (Å²) in [5.74, 6) is 1.50. The molecule has 3 nitrogen and oxygen atoms in total. The van der Waals surface area contributed by atoms with Crippen LogP contribution in [0.2, 0.25) is 0 Å². The van der Waals surface area contributed by atoms with Crippen LogP contribution in [0, 0.1) is 29.1 Å². The fourth-order valence-electron chi connectivity index (χ4n) is 5.20. The van der Waals surface area contributed by atoms with Crippen LogP contribution in [0.1, 0.15) is 59.3 Å². The zero-order chi connectivity index (χ0) is 14.5. The van der Waals surface area contributed by atoms with Gasteiger partial charge in [0.2, 0.25) is 0 Å². The molecule has 3 saturated carbocycles. The molecule has 6 atom stereocenters. The average molecular weight is 279 g/mol. The molecule has 0 aromatic rings. The van der Waals surface area contributed by atoms with Gasteiger partial charge in [-0.3, -0.25) is 4.79 Å². The lowest BCUT2D eigenvalue weighted by atomic mass is 9.61. The van der Waals surface area contributed by atoms with Crippen molar-refractivity contribution in [2.24, 2.45) is 29.1 Å². The molecule has 20 heavy (non-hydrogen) atoms. The zero-order valence-electron chi connectivity index (χ0n) is 13.1. The van der Waals surface area contributed by atoms with Crippen LogP contribution in [0.15, 0.2) is 0 Å². The molecule has 0 spiro atoms. The van der Waals surface area contributed by atoms with Crippen LogP contribution in [0.5, 0.6) is 0 Å². The summed E-state index contributed by atoms with van der Waals surface area (Å²) in [6.07, 6.45) is 7.48. The van der Waals surface area contributed by atoms with Crippen molar-refractivity contribution in [3.05, 3.63) is 0 Å². The van der Waals surface area contributed by atoms with Crippen molar-refractivity contribution in [3.63, 3.8) is 0 Å². The van der Waals surface area contributed by atoms with Gasteiger partial charge in [0.05, 0.1) is 5.92 Å². The minimum Gasteiger partial charge on any atom is -0.481 e. The Hall–Kier alpha value is -0.570. The second-order valence-corrected chi connectivity index (χ2v) is 8.13. The molecule has 3 rings (SSSR count). The van der Waals surface area contributed by atoms with Crippen LogP contribution < -0.4 is 5.32 Å².